The number of allylic oxidation sites excluding steroid dienone is 1. The van der Waals surface area contributed by atoms with Gasteiger partial charge in [-0.15, -0.1) is 0 Å². The molecule has 156 valence electrons. The fourth-order valence-corrected chi connectivity index (χ4v) is 6.24. The summed E-state index contributed by atoms with van der Waals surface area (Å²) in [5, 5.41) is 0.190. The highest BCUT2D eigenvalue weighted by Gasteiger charge is 2.52. The van der Waals surface area contributed by atoms with Crippen molar-refractivity contribution in [2.45, 2.75) is 117 Å². The lowest BCUT2D eigenvalue weighted by atomic mass is 9.58. The zero-order chi connectivity index (χ0) is 20.8. The molecule has 4 heteroatoms. The van der Waals surface area contributed by atoms with Crippen molar-refractivity contribution < 1.29 is 14.0 Å². The monoisotopic (exact) mass is 394 g/mol. The average molecular weight is 395 g/mol. The molecule has 0 spiro atoms. The number of carbonyl (C=O) groups is 1. The minimum atomic E-state index is -1.89. The van der Waals surface area contributed by atoms with Crippen LogP contribution in [0.25, 0.3) is 0 Å². The van der Waals surface area contributed by atoms with Crippen LogP contribution in [0.5, 0.6) is 0 Å². The Bertz CT molecular complexity index is 612. The predicted molar refractivity (Wildman–Crippen MR) is 115 cm³/mol. The summed E-state index contributed by atoms with van der Waals surface area (Å²) in [6, 6.07) is 0. The van der Waals surface area contributed by atoms with E-state index in [4.69, 9.17) is 9.16 Å². The minimum Gasteiger partial charge on any atom is -0.460 e. The van der Waals surface area contributed by atoms with Gasteiger partial charge in [-0.2, -0.15) is 0 Å². The van der Waals surface area contributed by atoms with E-state index in [9.17, 15) is 4.79 Å². The molecule has 0 aromatic heterocycles. The lowest BCUT2D eigenvalue weighted by Crippen LogP contribution is -2.54. The van der Waals surface area contributed by atoms with Gasteiger partial charge in [0, 0.05) is 18.3 Å². The van der Waals surface area contributed by atoms with Crippen LogP contribution in [0, 0.1) is 11.3 Å². The molecule has 0 saturated heterocycles. The smallest absolute Gasteiger partial charge is 0.303 e. The van der Waals surface area contributed by atoms with Crippen molar-refractivity contribution in [1.82, 2.24) is 0 Å². The van der Waals surface area contributed by atoms with Crippen LogP contribution in [-0.4, -0.2) is 26.0 Å². The number of hydrogen-bond donors (Lipinski definition) is 0. The molecule has 0 amide bonds. The quantitative estimate of drug-likeness (QED) is 0.305. The van der Waals surface area contributed by atoms with Gasteiger partial charge < -0.3 is 9.16 Å². The van der Waals surface area contributed by atoms with Gasteiger partial charge in [0.1, 0.15) is 5.60 Å². The third kappa shape index (κ3) is 4.53. The number of fused-ring (bicyclic) bond motifs is 1. The summed E-state index contributed by atoms with van der Waals surface area (Å²) in [7, 11) is -1.89. The molecule has 0 heterocycles. The number of rotatable bonds is 4. The summed E-state index contributed by atoms with van der Waals surface area (Å²) in [5.41, 5.74) is 2.78. The molecule has 0 aromatic carbocycles. The first-order valence-corrected chi connectivity index (χ1v) is 13.6. The van der Waals surface area contributed by atoms with Crippen molar-refractivity contribution in [3.8, 4) is 0 Å². The van der Waals surface area contributed by atoms with E-state index in [1.165, 1.54) is 31.8 Å². The van der Waals surface area contributed by atoms with E-state index in [0.29, 0.717) is 5.92 Å². The first-order chi connectivity index (χ1) is 12.1. The highest BCUT2D eigenvalue weighted by molar-refractivity contribution is 6.74. The van der Waals surface area contributed by atoms with E-state index in [2.05, 4.69) is 61.6 Å². The van der Waals surface area contributed by atoms with Crippen molar-refractivity contribution >= 4 is 14.3 Å². The molecule has 27 heavy (non-hydrogen) atoms. The van der Waals surface area contributed by atoms with Gasteiger partial charge in [-0.3, -0.25) is 4.79 Å². The Balaban J connectivity index is 2.43. The molecule has 1 saturated carbocycles. The summed E-state index contributed by atoms with van der Waals surface area (Å²) in [5.74, 6) is 0.108. The summed E-state index contributed by atoms with van der Waals surface area (Å²) in [4.78, 5) is 11.7. The molecule has 1 fully saturated rings. The number of ether oxygens (including phenoxy) is 1. The molecular formula is C23H42O3Si. The predicted octanol–water partition coefficient (Wildman–Crippen LogP) is 6.64. The van der Waals surface area contributed by atoms with Gasteiger partial charge in [0.2, 0.25) is 0 Å². The van der Waals surface area contributed by atoms with Crippen LogP contribution in [-0.2, 0) is 14.0 Å². The molecule has 0 unspecified atom stereocenters. The lowest BCUT2D eigenvalue weighted by molar-refractivity contribution is -0.162. The maximum Gasteiger partial charge on any atom is 0.303 e. The largest absolute Gasteiger partial charge is 0.460 e. The SMILES string of the molecule is CC(=O)OC(C)(C)[C@H]1CC2=C(C)CCC[C@]2(C)[C@@H](O[Si](C)(C)C(C)(C)C)C1. The number of carbonyl (C=O) groups excluding carboxylic acids is 1. The van der Waals surface area contributed by atoms with E-state index in [-0.39, 0.29) is 22.5 Å². The van der Waals surface area contributed by atoms with Crippen molar-refractivity contribution in [2.24, 2.45) is 11.3 Å². The zero-order valence-electron chi connectivity index (χ0n) is 19.4. The van der Waals surface area contributed by atoms with Gasteiger partial charge in [0.15, 0.2) is 8.32 Å². The maximum atomic E-state index is 11.7. The molecule has 3 atom stereocenters. The molecule has 0 aromatic rings. The Morgan fingerprint density at radius 3 is 2.30 bits per heavy atom. The van der Waals surface area contributed by atoms with Crippen LogP contribution >= 0.6 is 0 Å². The van der Waals surface area contributed by atoms with Crippen LogP contribution < -0.4 is 0 Å². The molecule has 0 bridgehead atoms. The van der Waals surface area contributed by atoms with Crippen molar-refractivity contribution in [3.63, 3.8) is 0 Å². The Labute approximate surface area is 168 Å². The van der Waals surface area contributed by atoms with Gasteiger partial charge in [0.05, 0.1) is 6.10 Å². The molecule has 0 radical (unpaired) electrons. The number of esters is 1. The van der Waals surface area contributed by atoms with E-state index in [0.717, 1.165) is 12.8 Å². The number of hydrogen-bond acceptors (Lipinski definition) is 3. The van der Waals surface area contributed by atoms with Crippen molar-refractivity contribution in [1.29, 1.82) is 0 Å². The van der Waals surface area contributed by atoms with Crippen LogP contribution in [0.3, 0.4) is 0 Å². The Kier molecular flexibility index (Phi) is 6.15. The molecule has 2 aliphatic rings. The van der Waals surface area contributed by atoms with Gasteiger partial charge in [-0.1, -0.05) is 38.8 Å². The molecule has 2 aliphatic carbocycles. The highest BCUT2D eigenvalue weighted by Crippen LogP contribution is 2.55. The molecule has 2 rings (SSSR count). The second kappa shape index (κ2) is 7.33. The molecule has 0 aliphatic heterocycles. The van der Waals surface area contributed by atoms with Gasteiger partial charge >= 0.3 is 5.97 Å². The molecule has 0 N–H and O–H groups in total. The first kappa shape index (κ1) is 22.7. The standard InChI is InChI=1S/C23H42O3Si/c1-16-12-11-13-23(8)19(16)14-18(22(6,7)25-17(2)24)15-20(23)26-27(9,10)21(3,4)5/h18,20H,11-15H2,1-10H3/t18-,20-,23-/m0/s1. The van der Waals surface area contributed by atoms with E-state index >= 15 is 0 Å². The Morgan fingerprint density at radius 1 is 1.19 bits per heavy atom. The fourth-order valence-electron chi connectivity index (χ4n) is 4.81. The molecule has 3 nitrogen and oxygen atoms in total. The first-order valence-electron chi connectivity index (χ1n) is 10.7. The van der Waals surface area contributed by atoms with E-state index in [1.54, 1.807) is 5.57 Å². The molecular weight excluding hydrogens is 352 g/mol. The highest BCUT2D eigenvalue weighted by atomic mass is 28.4. The fraction of sp³-hybridized carbons (Fsp3) is 0.870. The summed E-state index contributed by atoms with van der Waals surface area (Å²) in [6.07, 6.45) is 5.86. The van der Waals surface area contributed by atoms with Crippen molar-refractivity contribution in [2.75, 3.05) is 0 Å². The van der Waals surface area contributed by atoms with Crippen molar-refractivity contribution in [3.05, 3.63) is 11.1 Å². The maximum absolute atomic E-state index is 11.7. The average Bonchev–Trinajstić information content (AvgIpc) is 2.45. The third-order valence-corrected chi connectivity index (χ3v) is 12.2. The Morgan fingerprint density at radius 2 is 1.78 bits per heavy atom. The van der Waals surface area contributed by atoms with Crippen LogP contribution in [0.4, 0.5) is 0 Å². The summed E-state index contributed by atoms with van der Waals surface area (Å²) >= 11 is 0. The van der Waals surface area contributed by atoms with Crippen LogP contribution in [0.2, 0.25) is 18.1 Å². The van der Waals surface area contributed by atoms with Gasteiger partial charge in [-0.25, -0.2) is 0 Å². The summed E-state index contributed by atoms with van der Waals surface area (Å²) < 4.78 is 12.8. The van der Waals surface area contributed by atoms with Crippen LogP contribution in [0.1, 0.15) is 87.5 Å². The second-order valence-electron chi connectivity index (χ2n) is 11.2. The minimum absolute atomic E-state index is 0.126. The normalized spacial score (nSPS) is 30.1. The van der Waals surface area contributed by atoms with Crippen LogP contribution in [0.15, 0.2) is 11.1 Å². The third-order valence-electron chi connectivity index (χ3n) is 7.75. The lowest BCUT2D eigenvalue weighted by Gasteiger charge is -2.54. The Hall–Kier alpha value is -0.613. The zero-order valence-corrected chi connectivity index (χ0v) is 20.4. The van der Waals surface area contributed by atoms with Gasteiger partial charge in [0.25, 0.3) is 0 Å². The van der Waals surface area contributed by atoms with Gasteiger partial charge in [-0.05, 0) is 71.0 Å². The van der Waals surface area contributed by atoms with E-state index in [1.807, 2.05) is 0 Å². The topological polar surface area (TPSA) is 35.5 Å². The summed E-state index contributed by atoms with van der Waals surface area (Å²) in [6.45, 7) is 22.0. The second-order valence-corrected chi connectivity index (χ2v) is 16.0. The van der Waals surface area contributed by atoms with E-state index < -0.39 is 13.9 Å².